The van der Waals surface area contributed by atoms with Crippen molar-refractivity contribution in [2.75, 3.05) is 0 Å². The molecule has 0 spiro atoms. The summed E-state index contributed by atoms with van der Waals surface area (Å²) in [5.74, 6) is -0.871. The van der Waals surface area contributed by atoms with Gasteiger partial charge in [0, 0.05) is 6.07 Å². The van der Waals surface area contributed by atoms with Gasteiger partial charge in [-0.3, -0.25) is 9.59 Å². The summed E-state index contributed by atoms with van der Waals surface area (Å²) in [6, 6.07) is 7.53. The Labute approximate surface area is 137 Å². The molecule has 0 radical (unpaired) electrons. The molecular weight excluding hydrogens is 313 g/mol. The number of benzene rings is 1. The highest BCUT2D eigenvalue weighted by atomic mass is 19.1. The van der Waals surface area contributed by atoms with Gasteiger partial charge in [-0.25, -0.2) is 4.39 Å². The molecule has 1 heterocycles. The molecule has 1 fully saturated rings. The number of halogens is 1. The van der Waals surface area contributed by atoms with E-state index in [4.69, 9.17) is 0 Å². The summed E-state index contributed by atoms with van der Waals surface area (Å²) < 4.78 is 14.1. The lowest BCUT2D eigenvalue weighted by Gasteiger charge is -2.28. The van der Waals surface area contributed by atoms with Crippen molar-refractivity contribution in [3.63, 3.8) is 0 Å². The normalized spacial score (nSPS) is 20.6. The van der Waals surface area contributed by atoms with Crippen LogP contribution in [0, 0.1) is 5.82 Å². The molecule has 2 aromatic rings. The summed E-state index contributed by atoms with van der Waals surface area (Å²) in [6.07, 6.45) is 2.70. The van der Waals surface area contributed by atoms with E-state index < -0.39 is 23.4 Å². The zero-order chi connectivity index (χ0) is 17.1. The van der Waals surface area contributed by atoms with Crippen LogP contribution in [0.2, 0.25) is 0 Å². The van der Waals surface area contributed by atoms with Crippen molar-refractivity contribution in [2.45, 2.75) is 37.8 Å². The minimum absolute atomic E-state index is 0.0664. The Bertz CT molecular complexity index is 788. The van der Waals surface area contributed by atoms with Crippen LogP contribution in [0.15, 0.2) is 41.2 Å². The summed E-state index contributed by atoms with van der Waals surface area (Å²) >= 11 is 0. The molecule has 1 aromatic heterocycles. The maximum Gasteiger partial charge on any atom is 0.272 e. The first-order valence-corrected chi connectivity index (χ1v) is 7.90. The molecule has 1 aliphatic rings. The van der Waals surface area contributed by atoms with Crippen molar-refractivity contribution in [1.29, 1.82) is 0 Å². The summed E-state index contributed by atoms with van der Waals surface area (Å²) in [4.78, 5) is 24.3. The molecule has 7 heteroatoms. The second-order valence-corrected chi connectivity index (χ2v) is 5.88. The van der Waals surface area contributed by atoms with E-state index in [1.165, 1.54) is 36.4 Å². The molecule has 126 valence electrons. The molecule has 0 bridgehead atoms. The van der Waals surface area contributed by atoms with E-state index in [2.05, 4.69) is 10.4 Å². The second kappa shape index (κ2) is 6.92. The van der Waals surface area contributed by atoms with Gasteiger partial charge in [-0.05, 0) is 43.2 Å². The third-order valence-corrected chi connectivity index (χ3v) is 4.15. The molecule has 2 N–H and O–H groups in total. The van der Waals surface area contributed by atoms with E-state index >= 15 is 0 Å². The second-order valence-electron chi connectivity index (χ2n) is 5.88. The van der Waals surface area contributed by atoms with Gasteiger partial charge >= 0.3 is 0 Å². The highest BCUT2D eigenvalue weighted by molar-refractivity contribution is 5.92. The predicted molar refractivity (Wildman–Crippen MR) is 85.5 cm³/mol. The van der Waals surface area contributed by atoms with Gasteiger partial charge in [-0.15, -0.1) is 0 Å². The fraction of sp³-hybridized carbons (Fsp3) is 0.353. The molecule has 2 atom stereocenters. The lowest BCUT2D eigenvalue weighted by atomic mass is 9.92. The van der Waals surface area contributed by atoms with Gasteiger partial charge in [0.05, 0.1) is 17.8 Å². The SMILES string of the molecule is O=C(NC1CCCCC1O)c1ccc(=O)n(-c2ccc(F)cc2)n1. The molecule has 6 nitrogen and oxygen atoms in total. The number of nitrogens with zero attached hydrogens (tertiary/aromatic N) is 2. The fourth-order valence-electron chi connectivity index (χ4n) is 2.82. The Kier molecular flexibility index (Phi) is 4.71. The van der Waals surface area contributed by atoms with Crippen LogP contribution < -0.4 is 10.9 Å². The predicted octanol–water partition coefficient (Wildman–Crippen LogP) is 1.40. The van der Waals surface area contributed by atoms with Crippen LogP contribution >= 0.6 is 0 Å². The molecule has 2 unspecified atom stereocenters. The molecular formula is C17H18FN3O3. The molecule has 1 aromatic carbocycles. The lowest BCUT2D eigenvalue weighted by molar-refractivity contribution is 0.0712. The highest BCUT2D eigenvalue weighted by Crippen LogP contribution is 2.18. The van der Waals surface area contributed by atoms with Crippen LogP contribution in [-0.2, 0) is 0 Å². The first-order valence-electron chi connectivity index (χ1n) is 7.90. The zero-order valence-electron chi connectivity index (χ0n) is 13.0. The van der Waals surface area contributed by atoms with Crippen molar-refractivity contribution >= 4 is 5.91 Å². The maximum absolute atomic E-state index is 13.0. The fourth-order valence-corrected chi connectivity index (χ4v) is 2.82. The average molecular weight is 331 g/mol. The number of rotatable bonds is 3. The van der Waals surface area contributed by atoms with Gasteiger partial charge in [0.1, 0.15) is 11.5 Å². The molecule has 24 heavy (non-hydrogen) atoms. The van der Waals surface area contributed by atoms with Crippen LogP contribution in [0.25, 0.3) is 5.69 Å². The maximum atomic E-state index is 13.0. The van der Waals surface area contributed by atoms with Crippen LogP contribution in [0.4, 0.5) is 4.39 Å². The Morgan fingerprint density at radius 1 is 1.17 bits per heavy atom. The smallest absolute Gasteiger partial charge is 0.272 e. The van der Waals surface area contributed by atoms with E-state index in [-0.39, 0.29) is 11.7 Å². The monoisotopic (exact) mass is 331 g/mol. The Morgan fingerprint density at radius 2 is 1.88 bits per heavy atom. The number of aliphatic hydroxyl groups is 1. The number of aromatic nitrogens is 2. The van der Waals surface area contributed by atoms with E-state index in [0.29, 0.717) is 18.5 Å². The third-order valence-electron chi connectivity index (χ3n) is 4.15. The molecule has 1 aliphatic carbocycles. The number of carbonyl (C=O) groups excluding carboxylic acids is 1. The minimum atomic E-state index is -0.564. The summed E-state index contributed by atoms with van der Waals surface area (Å²) in [5, 5.41) is 16.8. The summed E-state index contributed by atoms with van der Waals surface area (Å²) in [5.41, 5.74) is 0.0151. The van der Waals surface area contributed by atoms with Crippen LogP contribution in [-0.4, -0.2) is 32.9 Å². The topological polar surface area (TPSA) is 84.2 Å². The first-order chi connectivity index (χ1) is 11.5. The van der Waals surface area contributed by atoms with Gasteiger partial charge in [-0.2, -0.15) is 9.78 Å². The summed E-state index contributed by atoms with van der Waals surface area (Å²) in [6.45, 7) is 0. The zero-order valence-corrected chi connectivity index (χ0v) is 13.0. The molecule has 0 aliphatic heterocycles. The number of amides is 1. The molecule has 3 rings (SSSR count). The van der Waals surface area contributed by atoms with Crippen molar-refractivity contribution in [1.82, 2.24) is 15.1 Å². The number of hydrogen-bond acceptors (Lipinski definition) is 4. The highest BCUT2D eigenvalue weighted by Gasteiger charge is 2.25. The van der Waals surface area contributed by atoms with Crippen molar-refractivity contribution in [2.24, 2.45) is 0 Å². The number of carbonyl (C=O) groups is 1. The van der Waals surface area contributed by atoms with Crippen LogP contribution in [0.5, 0.6) is 0 Å². The van der Waals surface area contributed by atoms with E-state index in [0.717, 1.165) is 17.5 Å². The van der Waals surface area contributed by atoms with Gasteiger partial charge in [0.15, 0.2) is 0 Å². The van der Waals surface area contributed by atoms with Crippen LogP contribution in [0.1, 0.15) is 36.2 Å². The summed E-state index contributed by atoms with van der Waals surface area (Å²) in [7, 11) is 0. The Morgan fingerprint density at radius 3 is 2.58 bits per heavy atom. The first kappa shape index (κ1) is 16.3. The minimum Gasteiger partial charge on any atom is -0.391 e. The Hall–Kier alpha value is -2.54. The molecule has 1 amide bonds. The van der Waals surface area contributed by atoms with E-state index in [1.807, 2.05) is 0 Å². The molecule has 0 saturated heterocycles. The van der Waals surface area contributed by atoms with Gasteiger partial charge < -0.3 is 10.4 Å². The standard InChI is InChI=1S/C17H18FN3O3/c18-11-5-7-12(8-6-11)21-16(23)10-9-14(20-21)17(24)19-13-3-1-2-4-15(13)22/h5-10,13,15,22H,1-4H2,(H,19,24). The number of nitrogens with one attached hydrogen (secondary N) is 1. The lowest BCUT2D eigenvalue weighted by Crippen LogP contribution is -2.45. The average Bonchev–Trinajstić information content (AvgIpc) is 2.58. The van der Waals surface area contributed by atoms with Crippen molar-refractivity contribution in [3.05, 3.63) is 58.3 Å². The third kappa shape index (κ3) is 3.51. The van der Waals surface area contributed by atoms with Gasteiger partial charge in [0.25, 0.3) is 11.5 Å². The quantitative estimate of drug-likeness (QED) is 0.890. The molecule has 1 saturated carbocycles. The van der Waals surface area contributed by atoms with Gasteiger partial charge in [0.2, 0.25) is 0 Å². The number of aliphatic hydroxyl groups excluding tert-OH is 1. The van der Waals surface area contributed by atoms with E-state index in [9.17, 15) is 19.1 Å². The van der Waals surface area contributed by atoms with Crippen LogP contribution in [0.3, 0.4) is 0 Å². The van der Waals surface area contributed by atoms with Crippen molar-refractivity contribution < 1.29 is 14.3 Å². The van der Waals surface area contributed by atoms with Crippen molar-refractivity contribution in [3.8, 4) is 5.69 Å². The Balaban J connectivity index is 1.83. The van der Waals surface area contributed by atoms with E-state index in [1.54, 1.807) is 0 Å². The van der Waals surface area contributed by atoms with Gasteiger partial charge in [-0.1, -0.05) is 12.8 Å². The largest absolute Gasteiger partial charge is 0.391 e. The number of hydrogen-bond donors (Lipinski definition) is 2.